The van der Waals surface area contributed by atoms with Gasteiger partial charge in [0.1, 0.15) is 0 Å². The van der Waals surface area contributed by atoms with Crippen LogP contribution in [0.3, 0.4) is 0 Å². The van der Waals surface area contributed by atoms with Crippen LogP contribution in [0.1, 0.15) is 258 Å². The molecule has 0 heterocycles. The summed E-state index contributed by atoms with van der Waals surface area (Å²) in [6.45, 7) is 4.38. The van der Waals surface area contributed by atoms with E-state index in [1.54, 1.807) is 0 Å². The summed E-state index contributed by atoms with van der Waals surface area (Å²) in [6, 6.07) is -0.529. The lowest BCUT2D eigenvalue weighted by atomic mass is 10.0. The number of hydrogen-bond donors (Lipinski definition) is 3. The van der Waals surface area contributed by atoms with Gasteiger partial charge in [-0.15, -0.1) is 0 Å². The van der Waals surface area contributed by atoms with Gasteiger partial charge in [-0.05, 0) is 12.8 Å². The van der Waals surface area contributed by atoms with E-state index in [1.165, 1.54) is 205 Å². The lowest BCUT2D eigenvalue weighted by Gasteiger charge is -2.22. The van der Waals surface area contributed by atoms with Gasteiger partial charge in [-0.2, -0.15) is 0 Å². The molecule has 2 unspecified atom stereocenters. The summed E-state index contributed by atoms with van der Waals surface area (Å²) in [7, 11) is 0. The lowest BCUT2D eigenvalue weighted by molar-refractivity contribution is -0.123. The third-order valence-corrected chi connectivity index (χ3v) is 10.6. The molecule has 0 fully saturated rings. The van der Waals surface area contributed by atoms with Gasteiger partial charge < -0.3 is 15.5 Å². The normalized spacial score (nSPS) is 12.8. The number of rotatable bonds is 41. The highest BCUT2D eigenvalue weighted by Crippen LogP contribution is 2.17. The van der Waals surface area contributed by atoms with Crippen molar-refractivity contribution in [2.24, 2.45) is 0 Å². The second-order valence-electron chi connectivity index (χ2n) is 15.5. The Morgan fingerprint density at radius 2 is 0.667 bits per heavy atom. The first-order valence-corrected chi connectivity index (χ1v) is 22.2. The molecule has 1 amide bonds. The molecule has 0 saturated carbocycles. The Kier molecular flexibility index (Phi) is 40.3. The fraction of sp³-hybridized carbons (Fsp3) is 0.977. The molecule has 2 atom stereocenters. The smallest absolute Gasteiger partial charge is 0.220 e. The van der Waals surface area contributed by atoms with Gasteiger partial charge >= 0.3 is 0 Å². The number of aliphatic hydroxyl groups is 2. The molecule has 0 saturated heterocycles. The van der Waals surface area contributed by atoms with Gasteiger partial charge in [-0.3, -0.25) is 4.79 Å². The number of carbonyl (C=O) groups excluding carboxylic acids is 1. The van der Waals surface area contributed by atoms with Crippen molar-refractivity contribution < 1.29 is 15.0 Å². The van der Waals surface area contributed by atoms with Gasteiger partial charge in [0.05, 0.1) is 18.8 Å². The second kappa shape index (κ2) is 40.8. The fourth-order valence-electron chi connectivity index (χ4n) is 7.19. The van der Waals surface area contributed by atoms with Gasteiger partial charge in [0.15, 0.2) is 0 Å². The maximum absolute atomic E-state index is 12.4. The molecule has 4 nitrogen and oxygen atoms in total. The Balaban J connectivity index is 3.47. The molecule has 0 aromatic rings. The van der Waals surface area contributed by atoms with E-state index < -0.39 is 12.1 Å². The third kappa shape index (κ3) is 36.7. The van der Waals surface area contributed by atoms with Crippen LogP contribution in [0.4, 0.5) is 0 Å². The molecule has 0 aromatic heterocycles. The minimum atomic E-state index is -0.652. The Labute approximate surface area is 302 Å². The summed E-state index contributed by atoms with van der Waals surface area (Å²) in [4.78, 5) is 12.4. The molecule has 4 heteroatoms. The maximum atomic E-state index is 12.4. The molecule has 288 valence electrons. The molecule has 0 aliphatic heterocycles. The van der Waals surface area contributed by atoms with Crippen LogP contribution in [0, 0.1) is 0 Å². The first kappa shape index (κ1) is 47.4. The SMILES string of the molecule is CCCCCCCCCCCCCCCCCCCCC(=O)NC(CO)C(O)CCCCCCCCCCCCCCCCCCCC. The van der Waals surface area contributed by atoms with E-state index >= 15 is 0 Å². The Morgan fingerprint density at radius 3 is 0.938 bits per heavy atom. The third-order valence-electron chi connectivity index (χ3n) is 10.6. The lowest BCUT2D eigenvalue weighted by Crippen LogP contribution is -2.45. The highest BCUT2D eigenvalue weighted by molar-refractivity contribution is 5.76. The summed E-state index contributed by atoms with van der Waals surface area (Å²) in [5.74, 6) is -0.0256. The average Bonchev–Trinajstić information content (AvgIpc) is 3.09. The van der Waals surface area contributed by atoms with E-state index in [9.17, 15) is 15.0 Å². The number of hydrogen-bond acceptors (Lipinski definition) is 3. The summed E-state index contributed by atoms with van der Waals surface area (Å²) >= 11 is 0. The van der Waals surface area contributed by atoms with Gasteiger partial charge in [-0.1, -0.05) is 239 Å². The predicted octanol–water partition coefficient (Wildman–Crippen LogP) is 13.7. The van der Waals surface area contributed by atoms with Crippen LogP contribution in [0.5, 0.6) is 0 Å². The Hall–Kier alpha value is -0.610. The monoisotopic (exact) mass is 680 g/mol. The maximum Gasteiger partial charge on any atom is 0.220 e. The van der Waals surface area contributed by atoms with E-state index in [0.29, 0.717) is 12.8 Å². The van der Waals surface area contributed by atoms with Gasteiger partial charge in [0.2, 0.25) is 5.91 Å². The van der Waals surface area contributed by atoms with Crippen LogP contribution in [0.15, 0.2) is 0 Å². The van der Waals surface area contributed by atoms with E-state index in [2.05, 4.69) is 19.2 Å². The van der Waals surface area contributed by atoms with Crippen molar-refractivity contribution in [3.05, 3.63) is 0 Å². The number of unbranched alkanes of at least 4 members (excludes halogenated alkanes) is 34. The summed E-state index contributed by atoms with van der Waals surface area (Å²) < 4.78 is 0. The van der Waals surface area contributed by atoms with Crippen LogP contribution in [0.25, 0.3) is 0 Å². The molecule has 0 spiro atoms. The number of nitrogens with one attached hydrogen (secondary N) is 1. The molecule has 0 bridgehead atoms. The van der Waals surface area contributed by atoms with Crippen LogP contribution < -0.4 is 5.32 Å². The number of aliphatic hydroxyl groups excluding tert-OH is 2. The molecule has 0 aliphatic carbocycles. The predicted molar refractivity (Wildman–Crippen MR) is 212 cm³/mol. The molecule has 0 aromatic carbocycles. The second-order valence-corrected chi connectivity index (χ2v) is 15.5. The van der Waals surface area contributed by atoms with Crippen LogP contribution in [-0.2, 0) is 4.79 Å². The van der Waals surface area contributed by atoms with Crippen molar-refractivity contribution in [2.45, 2.75) is 270 Å². The summed E-state index contributed by atoms with van der Waals surface area (Å²) in [5.41, 5.74) is 0. The molecule has 0 radical (unpaired) electrons. The first-order chi connectivity index (χ1) is 23.7. The molecular formula is C44H89NO3. The summed E-state index contributed by atoms with van der Waals surface area (Å²) in [5, 5.41) is 23.2. The van der Waals surface area contributed by atoms with E-state index in [0.717, 1.165) is 25.7 Å². The van der Waals surface area contributed by atoms with E-state index in [-0.39, 0.29) is 12.5 Å². The topological polar surface area (TPSA) is 69.6 Å². The zero-order chi connectivity index (χ0) is 35.0. The molecule has 3 N–H and O–H groups in total. The fourth-order valence-corrected chi connectivity index (χ4v) is 7.19. The number of amides is 1. The zero-order valence-corrected chi connectivity index (χ0v) is 33.0. The highest BCUT2D eigenvalue weighted by atomic mass is 16.3. The van der Waals surface area contributed by atoms with Crippen molar-refractivity contribution in [2.75, 3.05) is 6.61 Å². The van der Waals surface area contributed by atoms with Crippen molar-refractivity contribution in [1.29, 1.82) is 0 Å². The molecule has 48 heavy (non-hydrogen) atoms. The average molecular weight is 680 g/mol. The van der Waals surface area contributed by atoms with Gasteiger partial charge in [0, 0.05) is 6.42 Å². The van der Waals surface area contributed by atoms with Crippen molar-refractivity contribution in [3.8, 4) is 0 Å². The van der Waals surface area contributed by atoms with E-state index in [1.807, 2.05) is 0 Å². The van der Waals surface area contributed by atoms with Crippen molar-refractivity contribution in [1.82, 2.24) is 5.32 Å². The van der Waals surface area contributed by atoms with Crippen molar-refractivity contribution in [3.63, 3.8) is 0 Å². The highest BCUT2D eigenvalue weighted by Gasteiger charge is 2.20. The molecular weight excluding hydrogens is 590 g/mol. The molecule has 0 aliphatic rings. The Morgan fingerprint density at radius 1 is 0.417 bits per heavy atom. The molecule has 0 rings (SSSR count). The quantitative estimate of drug-likeness (QED) is 0.0563. The largest absolute Gasteiger partial charge is 0.394 e. The Bertz CT molecular complexity index is 612. The first-order valence-electron chi connectivity index (χ1n) is 22.2. The van der Waals surface area contributed by atoms with Gasteiger partial charge in [0.25, 0.3) is 0 Å². The minimum Gasteiger partial charge on any atom is -0.394 e. The zero-order valence-electron chi connectivity index (χ0n) is 33.0. The number of carbonyl (C=O) groups is 1. The van der Waals surface area contributed by atoms with Crippen LogP contribution >= 0.6 is 0 Å². The standard InChI is InChI=1S/C44H89NO3/c1-3-5-7-9-11-13-15-17-19-21-23-25-27-29-31-33-35-37-39-43(47)42(41-46)45-44(48)40-38-36-34-32-30-28-26-24-22-20-18-16-14-12-10-8-6-4-2/h42-43,46-47H,3-41H2,1-2H3,(H,45,48). The minimum absolute atomic E-state index is 0.0256. The summed E-state index contributed by atoms with van der Waals surface area (Å²) in [6.07, 6.45) is 48.9. The van der Waals surface area contributed by atoms with Crippen LogP contribution in [0.2, 0.25) is 0 Å². The van der Waals surface area contributed by atoms with Crippen LogP contribution in [-0.4, -0.2) is 34.9 Å². The van der Waals surface area contributed by atoms with Gasteiger partial charge in [-0.25, -0.2) is 0 Å². The van der Waals surface area contributed by atoms with E-state index in [4.69, 9.17) is 0 Å². The van der Waals surface area contributed by atoms with Crippen molar-refractivity contribution >= 4 is 5.91 Å².